The van der Waals surface area contributed by atoms with Gasteiger partial charge in [0.1, 0.15) is 16.7 Å². The number of methoxy groups -OCH3 is 1. The summed E-state index contributed by atoms with van der Waals surface area (Å²) in [5, 5.41) is 0.704. The Labute approximate surface area is 220 Å². The standard InChI is InChI=1S/C26H28N4O7S/c1-35-22-16-19(28-38(33,34)23-6-2-4-18-5-3-10-27-24(18)23)7-8-21(22)25(31)29-11-13-30(14-12-29)26(32)37-20-9-15-36-17-20/h2-8,10,16,20,28H,9,11-15,17H2,1H3/t20-/m1/s1. The predicted octanol–water partition coefficient (Wildman–Crippen LogP) is 2.73. The topological polar surface area (TPSA) is 127 Å². The highest BCUT2D eigenvalue weighted by Gasteiger charge is 2.29. The lowest BCUT2D eigenvalue weighted by molar-refractivity contribution is 0.0369. The van der Waals surface area contributed by atoms with Crippen molar-refractivity contribution < 1.29 is 32.2 Å². The SMILES string of the molecule is COc1cc(NS(=O)(=O)c2cccc3cccnc23)ccc1C(=O)N1CCN(C(=O)O[C@@H]2CCOC2)CC1. The van der Waals surface area contributed by atoms with E-state index in [1.165, 1.54) is 37.6 Å². The number of nitrogens with zero attached hydrogens (tertiary/aromatic N) is 3. The van der Waals surface area contributed by atoms with Gasteiger partial charge in [-0.1, -0.05) is 18.2 Å². The molecule has 5 rings (SSSR count). The van der Waals surface area contributed by atoms with Gasteiger partial charge in [-0.2, -0.15) is 0 Å². The van der Waals surface area contributed by atoms with E-state index in [0.717, 1.165) is 0 Å². The van der Waals surface area contributed by atoms with E-state index in [1.807, 2.05) is 0 Å². The smallest absolute Gasteiger partial charge is 0.410 e. The largest absolute Gasteiger partial charge is 0.496 e. The Bertz CT molecular complexity index is 1440. The molecule has 0 saturated carbocycles. The summed E-state index contributed by atoms with van der Waals surface area (Å²) in [5.41, 5.74) is 0.900. The lowest BCUT2D eigenvalue weighted by Gasteiger charge is -2.34. The number of para-hydroxylation sites is 1. The Morgan fingerprint density at radius 3 is 2.55 bits per heavy atom. The summed E-state index contributed by atoms with van der Waals surface area (Å²) in [5.74, 6) is -0.0407. The highest BCUT2D eigenvalue weighted by molar-refractivity contribution is 7.93. The second-order valence-corrected chi connectivity index (χ2v) is 10.7. The van der Waals surface area contributed by atoms with E-state index in [2.05, 4.69) is 9.71 Å². The number of sulfonamides is 1. The summed E-state index contributed by atoms with van der Waals surface area (Å²) in [7, 11) is -2.55. The predicted molar refractivity (Wildman–Crippen MR) is 139 cm³/mol. The Kier molecular flexibility index (Phi) is 7.34. The van der Waals surface area contributed by atoms with Crippen LogP contribution >= 0.6 is 0 Å². The molecule has 12 heteroatoms. The first-order chi connectivity index (χ1) is 18.4. The molecule has 0 aliphatic carbocycles. The molecule has 0 unspecified atom stereocenters. The Hall–Kier alpha value is -3.90. The van der Waals surface area contributed by atoms with Crippen LogP contribution in [-0.4, -0.2) is 87.8 Å². The van der Waals surface area contributed by atoms with Crippen LogP contribution in [0.15, 0.2) is 59.6 Å². The van der Waals surface area contributed by atoms with Crippen LogP contribution in [0, 0.1) is 0 Å². The molecule has 0 spiro atoms. The van der Waals surface area contributed by atoms with Crippen LogP contribution in [0.3, 0.4) is 0 Å². The zero-order chi connectivity index (χ0) is 26.7. The zero-order valence-corrected chi connectivity index (χ0v) is 21.6. The van der Waals surface area contributed by atoms with Crippen molar-refractivity contribution in [3.63, 3.8) is 0 Å². The van der Waals surface area contributed by atoms with Crippen LogP contribution in [0.2, 0.25) is 0 Å². The van der Waals surface area contributed by atoms with Crippen molar-refractivity contribution in [2.45, 2.75) is 17.4 Å². The minimum Gasteiger partial charge on any atom is -0.496 e. The quantitative estimate of drug-likeness (QED) is 0.506. The summed E-state index contributed by atoms with van der Waals surface area (Å²) in [6.45, 7) is 2.36. The second kappa shape index (κ2) is 10.8. The van der Waals surface area contributed by atoms with Crippen molar-refractivity contribution in [1.29, 1.82) is 0 Å². The second-order valence-electron chi connectivity index (χ2n) is 9.00. The molecule has 2 aromatic carbocycles. The number of aromatic nitrogens is 1. The first-order valence-electron chi connectivity index (χ1n) is 12.2. The fourth-order valence-electron chi connectivity index (χ4n) is 4.52. The van der Waals surface area contributed by atoms with Gasteiger partial charge in [-0.25, -0.2) is 13.2 Å². The van der Waals surface area contributed by atoms with Gasteiger partial charge in [-0.3, -0.25) is 14.5 Å². The number of anilines is 1. The van der Waals surface area contributed by atoms with Crippen LogP contribution in [0.5, 0.6) is 5.75 Å². The Morgan fingerprint density at radius 1 is 1.05 bits per heavy atom. The van der Waals surface area contributed by atoms with E-state index in [1.54, 1.807) is 34.1 Å². The average Bonchev–Trinajstić information content (AvgIpc) is 3.45. The van der Waals surface area contributed by atoms with Gasteiger partial charge < -0.3 is 24.0 Å². The first-order valence-corrected chi connectivity index (χ1v) is 13.7. The van der Waals surface area contributed by atoms with E-state index in [-0.39, 0.29) is 28.3 Å². The molecule has 3 heterocycles. The lowest BCUT2D eigenvalue weighted by atomic mass is 10.1. The highest BCUT2D eigenvalue weighted by atomic mass is 32.2. The molecule has 2 aliphatic heterocycles. The number of amides is 2. The number of nitrogens with one attached hydrogen (secondary N) is 1. The molecule has 0 radical (unpaired) electrons. The number of piperazine rings is 1. The van der Waals surface area contributed by atoms with Gasteiger partial charge in [-0.15, -0.1) is 0 Å². The minimum absolute atomic E-state index is 0.0478. The molecule has 2 fully saturated rings. The van der Waals surface area contributed by atoms with Crippen LogP contribution in [-0.2, 0) is 19.5 Å². The zero-order valence-electron chi connectivity index (χ0n) is 20.8. The van der Waals surface area contributed by atoms with Crippen LogP contribution in [0.1, 0.15) is 16.8 Å². The molecule has 0 bridgehead atoms. The normalized spacial score (nSPS) is 17.9. The van der Waals surface area contributed by atoms with Crippen molar-refractivity contribution >= 4 is 38.6 Å². The van der Waals surface area contributed by atoms with Gasteiger partial charge in [0, 0.05) is 50.2 Å². The van der Waals surface area contributed by atoms with E-state index in [4.69, 9.17) is 14.2 Å². The Morgan fingerprint density at radius 2 is 1.82 bits per heavy atom. The average molecular weight is 541 g/mol. The number of rotatable bonds is 6. The fraction of sp³-hybridized carbons (Fsp3) is 0.346. The molecule has 11 nitrogen and oxygen atoms in total. The molecule has 2 saturated heterocycles. The van der Waals surface area contributed by atoms with E-state index < -0.39 is 16.1 Å². The van der Waals surface area contributed by atoms with Gasteiger partial charge >= 0.3 is 6.09 Å². The molecule has 200 valence electrons. The van der Waals surface area contributed by atoms with Gasteiger partial charge in [0.15, 0.2) is 0 Å². The number of carbonyl (C=O) groups excluding carboxylic acids is 2. The maximum Gasteiger partial charge on any atom is 0.410 e. The first kappa shape index (κ1) is 25.7. The van der Waals surface area contributed by atoms with E-state index in [0.29, 0.717) is 62.3 Å². The van der Waals surface area contributed by atoms with Crippen molar-refractivity contribution in [3.8, 4) is 5.75 Å². The van der Waals surface area contributed by atoms with Crippen LogP contribution < -0.4 is 9.46 Å². The summed E-state index contributed by atoms with van der Waals surface area (Å²) in [4.78, 5) is 33.1. The van der Waals surface area contributed by atoms with Crippen molar-refractivity contribution in [2.24, 2.45) is 0 Å². The molecule has 1 N–H and O–H groups in total. The number of carbonyl (C=O) groups is 2. The third kappa shape index (κ3) is 5.36. The third-order valence-corrected chi connectivity index (χ3v) is 7.96. The molecular weight excluding hydrogens is 512 g/mol. The van der Waals surface area contributed by atoms with Gasteiger partial charge in [0.2, 0.25) is 0 Å². The van der Waals surface area contributed by atoms with Gasteiger partial charge in [0.05, 0.1) is 37.1 Å². The van der Waals surface area contributed by atoms with E-state index in [9.17, 15) is 18.0 Å². The summed E-state index contributed by atoms with van der Waals surface area (Å²) < 4.78 is 45.0. The molecule has 1 atom stereocenters. The molecular formula is C26H28N4O7S. The number of hydrogen-bond acceptors (Lipinski definition) is 8. The maximum atomic E-state index is 13.2. The number of hydrogen-bond donors (Lipinski definition) is 1. The molecule has 2 amide bonds. The van der Waals surface area contributed by atoms with Gasteiger partial charge in [0.25, 0.3) is 15.9 Å². The van der Waals surface area contributed by atoms with E-state index >= 15 is 0 Å². The van der Waals surface area contributed by atoms with Crippen LogP contribution in [0.4, 0.5) is 10.5 Å². The van der Waals surface area contributed by atoms with Crippen molar-refractivity contribution in [1.82, 2.24) is 14.8 Å². The maximum absolute atomic E-state index is 13.2. The minimum atomic E-state index is -3.96. The molecule has 3 aromatic rings. The summed E-state index contributed by atoms with van der Waals surface area (Å²) in [6, 6.07) is 13.0. The molecule has 1 aromatic heterocycles. The number of ether oxygens (including phenoxy) is 3. The fourth-order valence-corrected chi connectivity index (χ4v) is 5.75. The van der Waals surface area contributed by atoms with Gasteiger partial charge in [-0.05, 0) is 24.3 Å². The third-order valence-electron chi connectivity index (χ3n) is 6.55. The van der Waals surface area contributed by atoms with Crippen LogP contribution in [0.25, 0.3) is 10.9 Å². The Balaban J connectivity index is 1.26. The number of pyridine rings is 1. The number of fused-ring (bicyclic) bond motifs is 1. The summed E-state index contributed by atoms with van der Waals surface area (Å²) in [6.07, 6.45) is 1.61. The van der Waals surface area contributed by atoms with Crippen molar-refractivity contribution in [3.05, 3.63) is 60.3 Å². The highest BCUT2D eigenvalue weighted by Crippen LogP contribution is 2.28. The molecule has 38 heavy (non-hydrogen) atoms. The summed E-state index contributed by atoms with van der Waals surface area (Å²) >= 11 is 0. The lowest BCUT2D eigenvalue weighted by Crippen LogP contribution is -2.51. The number of benzene rings is 2. The monoisotopic (exact) mass is 540 g/mol. The van der Waals surface area contributed by atoms with Crippen molar-refractivity contribution in [2.75, 3.05) is 51.2 Å². The molecule has 2 aliphatic rings.